The monoisotopic (exact) mass is 372 g/mol. The molecule has 120 valence electrons. The fraction of sp³-hybridized carbons (Fsp3) is 0.765. The Morgan fingerprint density at radius 1 is 1.43 bits per heavy atom. The first-order valence-electron chi connectivity index (χ1n) is 8.21. The Bertz CT molecular complexity index is 440. The molecular weight excluding hydrogens is 344 g/mol. The number of hydrogen-bond donors (Lipinski definition) is 1. The van der Waals surface area contributed by atoms with Gasteiger partial charge in [0.15, 0.2) is 0 Å². The van der Waals surface area contributed by atoms with E-state index >= 15 is 0 Å². The molecule has 21 heavy (non-hydrogen) atoms. The van der Waals surface area contributed by atoms with Crippen molar-refractivity contribution in [1.29, 1.82) is 0 Å². The third-order valence-corrected chi connectivity index (χ3v) is 6.84. The fourth-order valence-corrected chi connectivity index (χ4v) is 4.98. The first-order valence-corrected chi connectivity index (χ1v) is 9.88. The predicted octanol–water partition coefficient (Wildman–Crippen LogP) is 4.89. The highest BCUT2D eigenvalue weighted by molar-refractivity contribution is 9.10. The number of nitrogens with one attached hydrogen (secondary N) is 1. The topological polar surface area (TPSA) is 15.3 Å². The Balaban J connectivity index is 2.14. The van der Waals surface area contributed by atoms with Gasteiger partial charge in [0.1, 0.15) is 0 Å². The Hall–Kier alpha value is 0.100. The number of thiophene rings is 1. The number of hydrogen-bond acceptors (Lipinski definition) is 3. The highest BCUT2D eigenvalue weighted by Crippen LogP contribution is 2.33. The van der Waals surface area contributed by atoms with Crippen molar-refractivity contribution in [1.82, 2.24) is 10.2 Å². The highest BCUT2D eigenvalue weighted by Gasteiger charge is 2.39. The summed E-state index contributed by atoms with van der Waals surface area (Å²) in [6.07, 6.45) is 3.70. The molecule has 2 heterocycles. The van der Waals surface area contributed by atoms with Crippen LogP contribution in [-0.2, 0) is 6.54 Å². The van der Waals surface area contributed by atoms with Gasteiger partial charge in [0.2, 0.25) is 0 Å². The molecule has 2 rings (SSSR count). The van der Waals surface area contributed by atoms with Crippen molar-refractivity contribution in [2.75, 3.05) is 13.1 Å². The van der Waals surface area contributed by atoms with Crippen LogP contribution in [0.3, 0.4) is 0 Å². The highest BCUT2D eigenvalue weighted by atomic mass is 79.9. The summed E-state index contributed by atoms with van der Waals surface area (Å²) in [7, 11) is 0. The van der Waals surface area contributed by atoms with Crippen LogP contribution >= 0.6 is 27.3 Å². The maximum atomic E-state index is 3.82. The van der Waals surface area contributed by atoms with Crippen LogP contribution in [-0.4, -0.2) is 29.6 Å². The van der Waals surface area contributed by atoms with Crippen LogP contribution < -0.4 is 5.32 Å². The van der Waals surface area contributed by atoms with E-state index in [0.29, 0.717) is 11.6 Å². The molecule has 0 aromatic carbocycles. The summed E-state index contributed by atoms with van der Waals surface area (Å²) in [6, 6.07) is 2.81. The van der Waals surface area contributed by atoms with E-state index in [9.17, 15) is 0 Å². The number of nitrogens with zero attached hydrogens (tertiary/aromatic N) is 1. The largest absolute Gasteiger partial charge is 0.311 e. The van der Waals surface area contributed by atoms with E-state index in [1.54, 1.807) is 0 Å². The van der Waals surface area contributed by atoms with E-state index in [1.807, 2.05) is 11.3 Å². The zero-order chi connectivity index (χ0) is 15.5. The predicted molar refractivity (Wildman–Crippen MR) is 97.0 cm³/mol. The molecule has 1 aliphatic rings. The Morgan fingerprint density at radius 3 is 2.67 bits per heavy atom. The fourth-order valence-electron chi connectivity index (χ4n) is 3.49. The standard InChI is InChI=1S/C17H29BrN2S/c1-5-17(6-2)12-19-14(9-13(3)4)10-20(17)11-16-15(18)7-8-21-16/h7-8,13-14,19H,5-6,9-12H2,1-4H3. The summed E-state index contributed by atoms with van der Waals surface area (Å²) in [5, 5.41) is 6.00. The van der Waals surface area contributed by atoms with Crippen LogP contribution in [0, 0.1) is 5.92 Å². The van der Waals surface area contributed by atoms with E-state index in [1.165, 1.54) is 35.2 Å². The lowest BCUT2D eigenvalue weighted by Crippen LogP contribution is -2.63. The average molecular weight is 373 g/mol. The van der Waals surface area contributed by atoms with Gasteiger partial charge in [-0.2, -0.15) is 0 Å². The number of rotatable bonds is 6. The minimum Gasteiger partial charge on any atom is -0.311 e. The minimum atomic E-state index is 0.316. The van der Waals surface area contributed by atoms with Crippen molar-refractivity contribution in [3.63, 3.8) is 0 Å². The van der Waals surface area contributed by atoms with Crippen LogP contribution in [0.15, 0.2) is 15.9 Å². The summed E-state index contributed by atoms with van der Waals surface area (Å²) in [4.78, 5) is 4.21. The third-order valence-electron chi connectivity index (χ3n) is 4.93. The zero-order valence-corrected chi connectivity index (χ0v) is 16.2. The van der Waals surface area contributed by atoms with Gasteiger partial charge in [-0.25, -0.2) is 0 Å². The maximum absolute atomic E-state index is 3.82. The maximum Gasteiger partial charge on any atom is 0.0346 e. The molecule has 1 aromatic heterocycles. The lowest BCUT2D eigenvalue weighted by Gasteiger charge is -2.50. The minimum absolute atomic E-state index is 0.316. The Kier molecular flexibility index (Phi) is 6.30. The van der Waals surface area contributed by atoms with Crippen molar-refractivity contribution >= 4 is 27.3 Å². The molecule has 0 aliphatic carbocycles. The van der Waals surface area contributed by atoms with Gasteiger partial charge >= 0.3 is 0 Å². The molecule has 0 radical (unpaired) electrons. The molecule has 1 saturated heterocycles. The molecule has 2 nitrogen and oxygen atoms in total. The molecule has 1 aromatic rings. The van der Waals surface area contributed by atoms with Crippen molar-refractivity contribution in [3.8, 4) is 0 Å². The van der Waals surface area contributed by atoms with Gasteiger partial charge in [-0.3, -0.25) is 4.90 Å². The zero-order valence-electron chi connectivity index (χ0n) is 13.8. The molecule has 1 aliphatic heterocycles. The number of halogens is 1. The van der Waals surface area contributed by atoms with Crippen molar-refractivity contribution in [3.05, 3.63) is 20.8 Å². The van der Waals surface area contributed by atoms with Crippen LogP contribution in [0.2, 0.25) is 0 Å². The normalized spacial score (nSPS) is 22.9. The molecule has 4 heteroatoms. The summed E-state index contributed by atoms with van der Waals surface area (Å²) in [5.74, 6) is 0.758. The van der Waals surface area contributed by atoms with Gasteiger partial charge in [-0.1, -0.05) is 27.7 Å². The van der Waals surface area contributed by atoms with Gasteiger partial charge in [0.05, 0.1) is 0 Å². The first-order chi connectivity index (χ1) is 10.0. The van der Waals surface area contributed by atoms with Gasteiger partial charge in [0, 0.05) is 40.6 Å². The van der Waals surface area contributed by atoms with Crippen LogP contribution in [0.4, 0.5) is 0 Å². The second kappa shape index (κ2) is 7.58. The molecule has 0 amide bonds. The smallest absolute Gasteiger partial charge is 0.0346 e. The quantitative estimate of drug-likeness (QED) is 0.764. The first kappa shape index (κ1) is 17.5. The molecular formula is C17H29BrN2S. The van der Waals surface area contributed by atoms with Gasteiger partial charge < -0.3 is 5.32 Å². The van der Waals surface area contributed by atoms with E-state index in [2.05, 4.69) is 65.3 Å². The van der Waals surface area contributed by atoms with E-state index in [0.717, 1.165) is 19.0 Å². The average Bonchev–Trinajstić information content (AvgIpc) is 2.85. The van der Waals surface area contributed by atoms with Gasteiger partial charge in [0.25, 0.3) is 0 Å². The number of piperazine rings is 1. The van der Waals surface area contributed by atoms with Crippen molar-refractivity contribution < 1.29 is 0 Å². The van der Waals surface area contributed by atoms with Crippen LogP contribution in [0.25, 0.3) is 0 Å². The van der Waals surface area contributed by atoms with Crippen molar-refractivity contribution in [2.45, 2.75) is 65.1 Å². The van der Waals surface area contributed by atoms with Gasteiger partial charge in [-0.05, 0) is 52.6 Å². The summed E-state index contributed by atoms with van der Waals surface area (Å²) in [6.45, 7) is 12.7. The molecule has 1 unspecified atom stereocenters. The van der Waals surface area contributed by atoms with Crippen LogP contribution in [0.1, 0.15) is 51.8 Å². The van der Waals surface area contributed by atoms with Crippen molar-refractivity contribution in [2.24, 2.45) is 5.92 Å². The van der Waals surface area contributed by atoms with E-state index in [4.69, 9.17) is 0 Å². The second-order valence-corrected chi connectivity index (χ2v) is 8.57. The SMILES string of the molecule is CCC1(CC)CNC(CC(C)C)CN1Cc1sccc1Br. The Morgan fingerprint density at radius 2 is 2.14 bits per heavy atom. The molecule has 1 N–H and O–H groups in total. The van der Waals surface area contributed by atoms with Crippen LogP contribution in [0.5, 0.6) is 0 Å². The van der Waals surface area contributed by atoms with E-state index in [-0.39, 0.29) is 0 Å². The lowest BCUT2D eigenvalue weighted by molar-refractivity contribution is 0.0213. The molecule has 1 fully saturated rings. The molecule has 0 saturated carbocycles. The summed E-state index contributed by atoms with van der Waals surface area (Å²) < 4.78 is 1.27. The Labute approximate surface area is 142 Å². The summed E-state index contributed by atoms with van der Waals surface area (Å²) >= 11 is 5.57. The third kappa shape index (κ3) is 4.10. The molecule has 0 spiro atoms. The lowest BCUT2D eigenvalue weighted by atomic mass is 9.86. The summed E-state index contributed by atoms with van der Waals surface area (Å²) in [5.41, 5.74) is 0.316. The molecule has 1 atom stereocenters. The molecule has 0 bridgehead atoms. The second-order valence-electron chi connectivity index (χ2n) is 6.71. The van der Waals surface area contributed by atoms with E-state index < -0.39 is 0 Å². The van der Waals surface area contributed by atoms with Gasteiger partial charge in [-0.15, -0.1) is 11.3 Å².